The van der Waals surface area contributed by atoms with Gasteiger partial charge in [0.25, 0.3) is 0 Å². The van der Waals surface area contributed by atoms with Crippen LogP contribution in [0.1, 0.15) is 31.7 Å². The average Bonchev–Trinajstić information content (AvgIpc) is 3.15. The van der Waals surface area contributed by atoms with Crippen molar-refractivity contribution in [2.75, 3.05) is 13.1 Å². The van der Waals surface area contributed by atoms with Crippen molar-refractivity contribution in [1.82, 2.24) is 4.31 Å². The molecule has 5 heteroatoms. The summed E-state index contributed by atoms with van der Waals surface area (Å²) < 4.78 is 39.2. The van der Waals surface area contributed by atoms with Gasteiger partial charge < -0.3 is 0 Å². The molecule has 1 aliphatic carbocycles. The molecule has 1 saturated carbocycles. The summed E-state index contributed by atoms with van der Waals surface area (Å²) in [6, 6.07) is 5.67. The molecule has 0 saturated heterocycles. The first-order valence-electron chi connectivity index (χ1n) is 6.73. The van der Waals surface area contributed by atoms with Gasteiger partial charge in [0.1, 0.15) is 5.82 Å². The van der Waals surface area contributed by atoms with Crippen molar-refractivity contribution < 1.29 is 12.8 Å². The first-order chi connectivity index (χ1) is 9.01. The number of sulfonamides is 1. The third-order valence-electron chi connectivity index (χ3n) is 3.29. The van der Waals surface area contributed by atoms with Crippen LogP contribution in [-0.2, 0) is 15.8 Å². The van der Waals surface area contributed by atoms with Crippen molar-refractivity contribution >= 4 is 10.0 Å². The van der Waals surface area contributed by atoms with E-state index in [1.807, 2.05) is 6.92 Å². The van der Waals surface area contributed by atoms with E-state index in [-0.39, 0.29) is 11.6 Å². The van der Waals surface area contributed by atoms with Gasteiger partial charge in [-0.25, -0.2) is 17.1 Å². The number of hydrogen-bond donors (Lipinski definition) is 0. The predicted molar refractivity (Wildman–Crippen MR) is 73.6 cm³/mol. The molecule has 1 fully saturated rings. The van der Waals surface area contributed by atoms with Crippen molar-refractivity contribution in [2.24, 2.45) is 5.92 Å². The lowest BCUT2D eigenvalue weighted by atomic mass is 10.2. The fourth-order valence-corrected chi connectivity index (χ4v) is 3.76. The fraction of sp³-hybridized carbons (Fsp3) is 0.571. The maximum absolute atomic E-state index is 12.8. The second-order valence-corrected chi connectivity index (χ2v) is 7.15. The van der Waals surface area contributed by atoms with Gasteiger partial charge in [-0.05, 0) is 42.9 Å². The summed E-state index contributed by atoms with van der Waals surface area (Å²) in [5.74, 6) is 0.152. The SMILES string of the molecule is CCCN(CC1CC1)S(=O)(=O)Cc1ccc(F)cc1. The second kappa shape index (κ2) is 6.01. The molecule has 0 bridgehead atoms. The van der Waals surface area contributed by atoms with Crippen LogP contribution in [-0.4, -0.2) is 25.8 Å². The van der Waals surface area contributed by atoms with E-state index >= 15 is 0 Å². The molecule has 19 heavy (non-hydrogen) atoms. The van der Waals surface area contributed by atoms with E-state index in [0.29, 0.717) is 24.6 Å². The number of nitrogens with zero attached hydrogens (tertiary/aromatic N) is 1. The summed E-state index contributed by atoms with van der Waals surface area (Å²) in [5, 5.41) is 0. The molecule has 106 valence electrons. The lowest BCUT2D eigenvalue weighted by Crippen LogP contribution is -2.34. The zero-order chi connectivity index (χ0) is 13.9. The second-order valence-electron chi connectivity index (χ2n) is 5.18. The van der Waals surface area contributed by atoms with Gasteiger partial charge in [-0.15, -0.1) is 0 Å². The molecule has 2 rings (SSSR count). The largest absolute Gasteiger partial charge is 0.218 e. The van der Waals surface area contributed by atoms with Crippen LogP contribution in [0, 0.1) is 11.7 Å². The van der Waals surface area contributed by atoms with E-state index < -0.39 is 10.0 Å². The molecule has 0 N–H and O–H groups in total. The van der Waals surface area contributed by atoms with Gasteiger partial charge in [-0.1, -0.05) is 19.1 Å². The number of rotatable bonds is 7. The molecule has 0 radical (unpaired) electrons. The van der Waals surface area contributed by atoms with Gasteiger partial charge in [0.15, 0.2) is 0 Å². The fourth-order valence-electron chi connectivity index (χ4n) is 2.06. The molecule has 0 spiro atoms. The van der Waals surface area contributed by atoms with Crippen LogP contribution in [0.25, 0.3) is 0 Å². The van der Waals surface area contributed by atoms with Crippen LogP contribution in [0.15, 0.2) is 24.3 Å². The Balaban J connectivity index is 2.07. The molecule has 1 aliphatic rings. The van der Waals surface area contributed by atoms with E-state index in [2.05, 4.69) is 0 Å². The van der Waals surface area contributed by atoms with Crippen LogP contribution in [0.3, 0.4) is 0 Å². The first kappa shape index (κ1) is 14.5. The Morgan fingerprint density at radius 3 is 2.42 bits per heavy atom. The van der Waals surface area contributed by atoms with Crippen molar-refractivity contribution in [3.8, 4) is 0 Å². The summed E-state index contributed by atoms with van der Waals surface area (Å²) in [5.41, 5.74) is 0.637. The Morgan fingerprint density at radius 2 is 1.89 bits per heavy atom. The topological polar surface area (TPSA) is 37.4 Å². The van der Waals surface area contributed by atoms with Gasteiger partial charge in [0.2, 0.25) is 10.0 Å². The molecule has 0 heterocycles. The maximum Gasteiger partial charge on any atom is 0.218 e. The predicted octanol–water partition coefficient (Wildman–Crippen LogP) is 2.78. The molecular formula is C14H20FNO2S. The lowest BCUT2D eigenvalue weighted by molar-refractivity contribution is 0.395. The smallest absolute Gasteiger partial charge is 0.212 e. The summed E-state index contributed by atoms with van der Waals surface area (Å²) in [6.45, 7) is 3.19. The zero-order valence-electron chi connectivity index (χ0n) is 11.2. The standard InChI is InChI=1S/C14H20FNO2S/c1-2-9-16(10-12-3-4-12)19(17,18)11-13-5-7-14(15)8-6-13/h5-8,12H,2-4,9-11H2,1H3. The highest BCUT2D eigenvalue weighted by atomic mass is 32.2. The molecule has 3 nitrogen and oxygen atoms in total. The molecule has 0 aromatic heterocycles. The van der Waals surface area contributed by atoms with Gasteiger partial charge >= 0.3 is 0 Å². The summed E-state index contributed by atoms with van der Waals surface area (Å²) >= 11 is 0. The molecule has 0 amide bonds. The van der Waals surface area contributed by atoms with E-state index in [1.165, 1.54) is 24.3 Å². The highest BCUT2D eigenvalue weighted by Gasteiger charge is 2.30. The van der Waals surface area contributed by atoms with Gasteiger partial charge in [0, 0.05) is 13.1 Å². The highest BCUT2D eigenvalue weighted by Crippen LogP contribution is 2.31. The molecule has 0 unspecified atom stereocenters. The number of benzene rings is 1. The molecule has 1 aromatic rings. The Hall–Kier alpha value is -0.940. The van der Waals surface area contributed by atoms with Gasteiger partial charge in [-0.3, -0.25) is 0 Å². The monoisotopic (exact) mass is 285 g/mol. The third-order valence-corrected chi connectivity index (χ3v) is 5.10. The lowest BCUT2D eigenvalue weighted by Gasteiger charge is -2.21. The Kier molecular flexibility index (Phi) is 4.58. The summed E-state index contributed by atoms with van der Waals surface area (Å²) in [7, 11) is -3.29. The van der Waals surface area contributed by atoms with E-state index in [0.717, 1.165) is 19.3 Å². The minimum atomic E-state index is -3.29. The number of hydrogen-bond acceptors (Lipinski definition) is 2. The Bertz CT molecular complexity index is 509. The normalized spacial score (nSPS) is 15.9. The van der Waals surface area contributed by atoms with E-state index in [1.54, 1.807) is 4.31 Å². The first-order valence-corrected chi connectivity index (χ1v) is 8.34. The minimum Gasteiger partial charge on any atom is -0.212 e. The molecular weight excluding hydrogens is 265 g/mol. The maximum atomic E-state index is 12.8. The molecule has 0 atom stereocenters. The molecule has 1 aromatic carbocycles. The van der Waals surface area contributed by atoms with Gasteiger partial charge in [0.05, 0.1) is 5.75 Å². The minimum absolute atomic E-state index is 0.0417. The molecule has 0 aliphatic heterocycles. The van der Waals surface area contributed by atoms with Crippen LogP contribution in [0.4, 0.5) is 4.39 Å². The van der Waals surface area contributed by atoms with Crippen molar-refractivity contribution in [2.45, 2.75) is 31.9 Å². The summed E-state index contributed by atoms with van der Waals surface area (Å²) in [4.78, 5) is 0. The van der Waals surface area contributed by atoms with E-state index in [9.17, 15) is 12.8 Å². The van der Waals surface area contributed by atoms with Crippen LogP contribution < -0.4 is 0 Å². The van der Waals surface area contributed by atoms with Crippen LogP contribution >= 0.6 is 0 Å². The quantitative estimate of drug-likeness (QED) is 0.772. The van der Waals surface area contributed by atoms with Crippen molar-refractivity contribution in [3.05, 3.63) is 35.6 Å². The van der Waals surface area contributed by atoms with Crippen molar-refractivity contribution in [1.29, 1.82) is 0 Å². The van der Waals surface area contributed by atoms with Gasteiger partial charge in [-0.2, -0.15) is 0 Å². The van der Waals surface area contributed by atoms with Crippen LogP contribution in [0.5, 0.6) is 0 Å². The zero-order valence-corrected chi connectivity index (χ0v) is 12.0. The number of halogens is 1. The van der Waals surface area contributed by atoms with E-state index in [4.69, 9.17) is 0 Å². The Labute approximate surface area is 114 Å². The van der Waals surface area contributed by atoms with Crippen LogP contribution in [0.2, 0.25) is 0 Å². The Morgan fingerprint density at radius 1 is 1.26 bits per heavy atom. The third kappa shape index (κ3) is 4.28. The summed E-state index contributed by atoms with van der Waals surface area (Å²) in [6.07, 6.45) is 3.08. The average molecular weight is 285 g/mol. The van der Waals surface area contributed by atoms with Crippen molar-refractivity contribution in [3.63, 3.8) is 0 Å². The highest BCUT2D eigenvalue weighted by molar-refractivity contribution is 7.88.